The molecule has 1 fully saturated rings. The average molecular weight is 307 g/mol. The molecule has 118 valence electrons. The zero-order valence-electron chi connectivity index (χ0n) is 13.2. The number of rotatable bonds is 7. The van der Waals surface area contributed by atoms with Gasteiger partial charge in [0.25, 0.3) is 0 Å². The van der Waals surface area contributed by atoms with E-state index in [0.29, 0.717) is 6.08 Å². The van der Waals surface area contributed by atoms with Gasteiger partial charge < -0.3 is 9.15 Å². The molecule has 1 saturated carbocycles. The van der Waals surface area contributed by atoms with Crippen LogP contribution in [0, 0.1) is 5.92 Å². The Labute approximate surface area is 136 Å². The third-order valence-electron chi connectivity index (χ3n) is 4.43. The van der Waals surface area contributed by atoms with Crippen LogP contribution in [0.4, 0.5) is 0 Å². The highest BCUT2D eigenvalue weighted by molar-refractivity contribution is 5.72. The molecule has 0 amide bonds. The first-order valence-electron chi connectivity index (χ1n) is 8.49. The first-order chi connectivity index (χ1) is 11.4. The van der Waals surface area contributed by atoms with Crippen molar-refractivity contribution in [2.24, 2.45) is 5.92 Å². The Morgan fingerprint density at radius 1 is 1.00 bits per heavy atom. The maximum Gasteiger partial charge on any atom is 0.400 e. The minimum Gasteiger partial charge on any atom is -0.411 e. The summed E-state index contributed by atoms with van der Waals surface area (Å²) in [7, 11) is 0. The average Bonchev–Trinajstić information content (AvgIpc) is 3.31. The summed E-state index contributed by atoms with van der Waals surface area (Å²) in [6, 6.07) is 15.9. The van der Waals surface area contributed by atoms with Gasteiger partial charge in [-0.15, -0.1) is 0 Å². The number of ether oxygens (including phenoxy) is 1. The Balaban J connectivity index is 1.33. The number of oxazole rings is 1. The number of para-hydroxylation sites is 2. The van der Waals surface area contributed by atoms with Crippen molar-refractivity contribution in [2.75, 3.05) is 0 Å². The largest absolute Gasteiger partial charge is 0.411 e. The van der Waals surface area contributed by atoms with Gasteiger partial charge in [-0.2, -0.15) is 4.98 Å². The van der Waals surface area contributed by atoms with Gasteiger partial charge in [0, 0.05) is 0 Å². The van der Waals surface area contributed by atoms with Crippen molar-refractivity contribution in [3.63, 3.8) is 0 Å². The molecule has 0 atom stereocenters. The van der Waals surface area contributed by atoms with Crippen LogP contribution in [-0.4, -0.2) is 4.98 Å². The lowest BCUT2D eigenvalue weighted by Gasteiger charge is -2.04. The van der Waals surface area contributed by atoms with Crippen molar-refractivity contribution >= 4 is 11.1 Å². The van der Waals surface area contributed by atoms with E-state index in [2.05, 4.69) is 17.1 Å². The highest BCUT2D eigenvalue weighted by atomic mass is 16.6. The predicted octanol–water partition coefficient (Wildman–Crippen LogP) is 5.74. The van der Waals surface area contributed by atoms with Gasteiger partial charge >= 0.3 is 6.08 Å². The van der Waals surface area contributed by atoms with Gasteiger partial charge in [-0.25, -0.2) is 0 Å². The summed E-state index contributed by atoms with van der Waals surface area (Å²) in [5.41, 5.74) is 2.93. The fraction of sp³-hybridized carbons (Fsp3) is 0.350. The van der Waals surface area contributed by atoms with E-state index in [1.54, 1.807) is 0 Å². The number of aryl methyl sites for hydroxylation is 1. The molecule has 1 aliphatic rings. The van der Waals surface area contributed by atoms with E-state index < -0.39 is 0 Å². The van der Waals surface area contributed by atoms with Crippen LogP contribution in [0.3, 0.4) is 0 Å². The van der Waals surface area contributed by atoms with Crippen molar-refractivity contribution in [1.82, 2.24) is 4.98 Å². The lowest BCUT2D eigenvalue weighted by molar-refractivity contribution is 0.343. The molecule has 0 unspecified atom stereocenters. The quantitative estimate of drug-likeness (QED) is 0.522. The monoisotopic (exact) mass is 307 g/mol. The molecule has 3 heteroatoms. The van der Waals surface area contributed by atoms with Gasteiger partial charge in [0.05, 0.1) is 0 Å². The maximum atomic E-state index is 5.71. The molecular formula is C20H21NO2. The molecule has 1 aliphatic carbocycles. The Hall–Kier alpha value is -2.29. The van der Waals surface area contributed by atoms with Gasteiger partial charge in [-0.3, -0.25) is 0 Å². The molecule has 0 saturated heterocycles. The summed E-state index contributed by atoms with van der Waals surface area (Å²) < 4.78 is 11.3. The van der Waals surface area contributed by atoms with Crippen molar-refractivity contribution in [3.05, 3.63) is 54.1 Å². The van der Waals surface area contributed by atoms with Crippen LogP contribution < -0.4 is 4.74 Å². The number of fused-ring (bicyclic) bond motifs is 1. The first kappa shape index (κ1) is 14.3. The topological polar surface area (TPSA) is 35.3 Å². The van der Waals surface area contributed by atoms with Crippen LogP contribution in [-0.2, 0) is 6.42 Å². The minimum absolute atomic E-state index is 0.295. The number of hydrogen-bond donors (Lipinski definition) is 0. The number of unbranched alkanes of at least 4 members (excludes halogenated alkanes) is 1. The van der Waals surface area contributed by atoms with Gasteiger partial charge in [0.2, 0.25) is 0 Å². The van der Waals surface area contributed by atoms with Gasteiger partial charge in [-0.05, 0) is 48.6 Å². The predicted molar refractivity (Wildman–Crippen MR) is 90.8 cm³/mol. The summed E-state index contributed by atoms with van der Waals surface area (Å²) in [5, 5.41) is 0. The zero-order chi connectivity index (χ0) is 15.5. The summed E-state index contributed by atoms with van der Waals surface area (Å²) in [5.74, 6) is 1.81. The van der Waals surface area contributed by atoms with Crippen LogP contribution in [0.5, 0.6) is 11.8 Å². The Morgan fingerprint density at radius 2 is 1.83 bits per heavy atom. The maximum absolute atomic E-state index is 5.71. The lowest BCUT2D eigenvalue weighted by Crippen LogP contribution is -1.88. The Bertz CT molecular complexity index is 739. The fourth-order valence-corrected chi connectivity index (χ4v) is 2.89. The third kappa shape index (κ3) is 3.73. The molecule has 0 N–H and O–H groups in total. The first-order valence-corrected chi connectivity index (χ1v) is 8.49. The van der Waals surface area contributed by atoms with E-state index in [1.165, 1.54) is 37.7 Å². The Morgan fingerprint density at radius 3 is 2.61 bits per heavy atom. The lowest BCUT2D eigenvalue weighted by atomic mass is 10.1. The molecular weight excluding hydrogens is 286 g/mol. The van der Waals surface area contributed by atoms with E-state index >= 15 is 0 Å². The molecule has 0 bridgehead atoms. The standard InChI is InChI=1S/C20H21NO2/c1(5-15-9-10-15)2-6-16-11-13-17(14-12-16)22-20-21-18-7-3-4-8-19(18)23-20/h3-4,7-8,11-15H,1-2,5-6,9-10H2. The van der Waals surface area contributed by atoms with Crippen LogP contribution >= 0.6 is 0 Å². The number of nitrogens with zero attached hydrogens (tertiary/aromatic N) is 1. The summed E-state index contributed by atoms with van der Waals surface area (Å²) in [6.07, 6.45) is 8.41. The van der Waals surface area contributed by atoms with E-state index in [1.807, 2.05) is 36.4 Å². The fourth-order valence-electron chi connectivity index (χ4n) is 2.89. The van der Waals surface area contributed by atoms with Gasteiger partial charge in [0.1, 0.15) is 11.3 Å². The van der Waals surface area contributed by atoms with Crippen LogP contribution in [0.2, 0.25) is 0 Å². The third-order valence-corrected chi connectivity index (χ3v) is 4.43. The molecule has 23 heavy (non-hydrogen) atoms. The van der Waals surface area contributed by atoms with Crippen LogP contribution in [0.1, 0.15) is 37.7 Å². The number of aromatic nitrogens is 1. The summed E-state index contributed by atoms with van der Waals surface area (Å²) in [4.78, 5) is 4.32. The normalized spacial score (nSPS) is 14.3. The smallest absolute Gasteiger partial charge is 0.400 e. The molecule has 0 spiro atoms. The summed E-state index contributed by atoms with van der Waals surface area (Å²) >= 11 is 0. The molecule has 3 aromatic rings. The van der Waals surface area contributed by atoms with E-state index in [-0.39, 0.29) is 0 Å². The summed E-state index contributed by atoms with van der Waals surface area (Å²) in [6.45, 7) is 0. The SMILES string of the molecule is c1ccc2oc(Oc3ccc(CCCCC4CC4)cc3)nc2c1. The van der Waals surface area contributed by atoms with E-state index in [4.69, 9.17) is 9.15 Å². The molecule has 1 aromatic heterocycles. The molecule has 0 aliphatic heterocycles. The van der Waals surface area contributed by atoms with Crippen molar-refractivity contribution in [1.29, 1.82) is 0 Å². The second kappa shape index (κ2) is 6.45. The minimum atomic E-state index is 0.295. The van der Waals surface area contributed by atoms with Crippen LogP contribution in [0.25, 0.3) is 11.1 Å². The Kier molecular flexibility index (Phi) is 4.01. The zero-order valence-corrected chi connectivity index (χ0v) is 13.2. The molecule has 1 heterocycles. The van der Waals surface area contributed by atoms with E-state index in [0.717, 1.165) is 29.2 Å². The van der Waals surface area contributed by atoms with Crippen LogP contribution in [0.15, 0.2) is 52.9 Å². The highest BCUT2D eigenvalue weighted by Crippen LogP contribution is 2.34. The second-order valence-corrected chi connectivity index (χ2v) is 6.38. The molecule has 2 aromatic carbocycles. The van der Waals surface area contributed by atoms with Gasteiger partial charge in [-0.1, -0.05) is 49.9 Å². The van der Waals surface area contributed by atoms with Crippen molar-refractivity contribution in [2.45, 2.75) is 38.5 Å². The van der Waals surface area contributed by atoms with Crippen molar-refractivity contribution in [3.8, 4) is 11.8 Å². The molecule has 0 radical (unpaired) electrons. The van der Waals surface area contributed by atoms with Gasteiger partial charge in [0.15, 0.2) is 5.58 Å². The highest BCUT2D eigenvalue weighted by Gasteiger charge is 2.19. The molecule has 3 nitrogen and oxygen atoms in total. The second-order valence-electron chi connectivity index (χ2n) is 6.38. The number of hydrogen-bond acceptors (Lipinski definition) is 3. The molecule has 4 rings (SSSR count). The number of benzene rings is 2. The van der Waals surface area contributed by atoms with E-state index in [9.17, 15) is 0 Å². The van der Waals surface area contributed by atoms with Crippen molar-refractivity contribution < 1.29 is 9.15 Å².